The van der Waals surface area contributed by atoms with Crippen LogP contribution in [0.5, 0.6) is 0 Å². The Morgan fingerprint density at radius 3 is 1.35 bits per heavy atom. The van der Waals surface area contributed by atoms with Crippen LogP contribution in [0.25, 0.3) is 21.5 Å². The SMILES string of the molecule is [CH3-].[Ti+3].c1ccc2[cH-]ccc2c1.c1ccc2[cH-]ccc2c1. The molecule has 0 saturated heterocycles. The second-order valence-corrected chi connectivity index (χ2v) is 4.31. The van der Waals surface area contributed by atoms with E-state index >= 15 is 0 Å². The summed E-state index contributed by atoms with van der Waals surface area (Å²) in [6.07, 6.45) is 0. The fourth-order valence-corrected chi connectivity index (χ4v) is 2.14. The van der Waals surface area contributed by atoms with E-state index in [-0.39, 0.29) is 29.1 Å². The van der Waals surface area contributed by atoms with Crippen molar-refractivity contribution in [3.8, 4) is 0 Å². The van der Waals surface area contributed by atoms with E-state index in [4.69, 9.17) is 0 Å². The van der Waals surface area contributed by atoms with Gasteiger partial charge in [-0.1, -0.05) is 12.1 Å². The Morgan fingerprint density at radius 2 is 0.950 bits per heavy atom. The monoisotopic (exact) mass is 293 g/mol. The van der Waals surface area contributed by atoms with E-state index in [9.17, 15) is 0 Å². The zero-order valence-corrected chi connectivity index (χ0v) is 13.1. The number of benzene rings is 2. The molecule has 0 fully saturated rings. The average Bonchev–Trinajstić information content (AvgIpc) is 3.08. The molecule has 0 unspecified atom stereocenters. The summed E-state index contributed by atoms with van der Waals surface area (Å²) in [5, 5.41) is 5.32. The van der Waals surface area contributed by atoms with Crippen molar-refractivity contribution in [2.75, 3.05) is 0 Å². The van der Waals surface area contributed by atoms with Gasteiger partial charge < -0.3 is 7.43 Å². The molecule has 0 atom stereocenters. The molecule has 4 aromatic carbocycles. The third-order valence-corrected chi connectivity index (χ3v) is 3.10. The van der Waals surface area contributed by atoms with Gasteiger partial charge in [-0.3, -0.25) is 0 Å². The van der Waals surface area contributed by atoms with Gasteiger partial charge in [0, 0.05) is 0 Å². The van der Waals surface area contributed by atoms with E-state index in [1.165, 1.54) is 21.5 Å². The van der Waals surface area contributed by atoms with E-state index in [0.717, 1.165) is 0 Å². The van der Waals surface area contributed by atoms with Gasteiger partial charge in [-0.05, 0) is 0 Å². The second kappa shape index (κ2) is 7.84. The van der Waals surface area contributed by atoms with E-state index in [2.05, 4.69) is 84.9 Å². The van der Waals surface area contributed by atoms with Crippen LogP contribution in [0.4, 0.5) is 0 Å². The molecule has 0 bridgehead atoms. The van der Waals surface area contributed by atoms with E-state index in [1.807, 2.05) is 0 Å². The van der Waals surface area contributed by atoms with Crippen LogP contribution in [0, 0.1) is 7.43 Å². The molecule has 0 amide bonds. The molecule has 20 heavy (non-hydrogen) atoms. The first-order valence-electron chi connectivity index (χ1n) is 6.14. The summed E-state index contributed by atoms with van der Waals surface area (Å²) in [5.74, 6) is 0. The maximum Gasteiger partial charge on any atom is 3.00 e. The number of fused-ring (bicyclic) bond motifs is 2. The predicted molar refractivity (Wildman–Crippen MR) is 85.5 cm³/mol. The van der Waals surface area contributed by atoms with Crippen LogP contribution in [0.1, 0.15) is 0 Å². The van der Waals surface area contributed by atoms with Crippen molar-refractivity contribution in [3.05, 3.63) is 92.4 Å². The Bertz CT molecular complexity index is 620. The predicted octanol–water partition coefficient (Wildman–Crippen LogP) is 5.57. The first-order valence-corrected chi connectivity index (χ1v) is 6.14. The smallest absolute Gasteiger partial charge is 0.358 e. The van der Waals surface area contributed by atoms with Crippen molar-refractivity contribution in [2.45, 2.75) is 0 Å². The van der Waals surface area contributed by atoms with Crippen LogP contribution in [0.15, 0.2) is 84.9 Å². The van der Waals surface area contributed by atoms with Gasteiger partial charge in [0.25, 0.3) is 0 Å². The number of hydrogen-bond donors (Lipinski definition) is 0. The zero-order valence-electron chi connectivity index (χ0n) is 11.6. The number of rotatable bonds is 0. The summed E-state index contributed by atoms with van der Waals surface area (Å²) in [7, 11) is 0. The fourth-order valence-electron chi connectivity index (χ4n) is 2.14. The molecule has 4 rings (SSSR count). The van der Waals surface area contributed by atoms with Crippen LogP contribution < -0.4 is 0 Å². The summed E-state index contributed by atoms with van der Waals surface area (Å²) >= 11 is 0. The van der Waals surface area contributed by atoms with Crippen molar-refractivity contribution in [1.29, 1.82) is 0 Å². The van der Waals surface area contributed by atoms with Crippen LogP contribution in [0.3, 0.4) is 0 Å². The summed E-state index contributed by atoms with van der Waals surface area (Å²) in [4.78, 5) is 0. The molecular formula is C19H17Ti. The quantitative estimate of drug-likeness (QED) is 0.294. The van der Waals surface area contributed by atoms with Crippen LogP contribution in [0.2, 0.25) is 0 Å². The molecule has 0 saturated carbocycles. The Hall–Kier alpha value is -1.63. The van der Waals surface area contributed by atoms with Crippen molar-refractivity contribution in [1.82, 2.24) is 0 Å². The van der Waals surface area contributed by atoms with Gasteiger partial charge in [0.2, 0.25) is 0 Å². The third kappa shape index (κ3) is 3.69. The maximum absolute atomic E-state index is 2.12. The van der Waals surface area contributed by atoms with Gasteiger partial charge >= 0.3 is 21.7 Å². The van der Waals surface area contributed by atoms with Gasteiger partial charge in [0.15, 0.2) is 0 Å². The molecule has 1 heteroatoms. The molecule has 0 aliphatic heterocycles. The van der Waals surface area contributed by atoms with Crippen LogP contribution >= 0.6 is 0 Å². The van der Waals surface area contributed by atoms with Gasteiger partial charge in [-0.25, -0.2) is 0 Å². The standard InChI is InChI=1S/2C9H7.CH3.Ti/c2*1-2-5-9-7-3-6-8(9)4-1;;/h2*1-7H;1H3;/q3*-1;+3. The van der Waals surface area contributed by atoms with E-state index < -0.39 is 0 Å². The summed E-state index contributed by atoms with van der Waals surface area (Å²) < 4.78 is 0. The van der Waals surface area contributed by atoms with Crippen molar-refractivity contribution >= 4 is 21.5 Å². The van der Waals surface area contributed by atoms with Crippen molar-refractivity contribution in [3.63, 3.8) is 0 Å². The summed E-state index contributed by atoms with van der Waals surface area (Å²) in [6.45, 7) is 0. The minimum atomic E-state index is 0. The molecule has 4 aromatic rings. The minimum absolute atomic E-state index is 0. The van der Waals surface area contributed by atoms with Gasteiger partial charge in [0.05, 0.1) is 0 Å². The second-order valence-electron chi connectivity index (χ2n) is 4.31. The molecule has 0 spiro atoms. The minimum Gasteiger partial charge on any atom is -0.358 e. The molecule has 0 aliphatic rings. The van der Waals surface area contributed by atoms with Gasteiger partial charge in [-0.2, -0.15) is 35.0 Å². The van der Waals surface area contributed by atoms with Crippen LogP contribution in [-0.4, -0.2) is 0 Å². The van der Waals surface area contributed by atoms with Crippen molar-refractivity contribution in [2.24, 2.45) is 0 Å². The van der Waals surface area contributed by atoms with Crippen molar-refractivity contribution < 1.29 is 21.7 Å². The number of hydrogen-bond acceptors (Lipinski definition) is 0. The Kier molecular flexibility index (Phi) is 6.44. The van der Waals surface area contributed by atoms with Crippen LogP contribution in [-0.2, 0) is 21.7 Å². The van der Waals surface area contributed by atoms with Gasteiger partial charge in [-0.15, -0.1) is 59.3 Å². The normalized spacial score (nSPS) is 9.20. The molecule has 97 valence electrons. The molecule has 0 aromatic heterocycles. The first-order chi connectivity index (χ1) is 8.93. The largest absolute Gasteiger partial charge is 3.00 e. The average molecular weight is 293 g/mol. The molecular weight excluding hydrogens is 276 g/mol. The molecule has 0 nitrogen and oxygen atoms in total. The Morgan fingerprint density at radius 1 is 0.550 bits per heavy atom. The zero-order chi connectivity index (χ0) is 12.2. The van der Waals surface area contributed by atoms with E-state index in [1.54, 1.807) is 0 Å². The van der Waals surface area contributed by atoms with Gasteiger partial charge in [0.1, 0.15) is 0 Å². The summed E-state index contributed by atoms with van der Waals surface area (Å²) in [5.41, 5.74) is 0. The third-order valence-electron chi connectivity index (χ3n) is 3.10. The molecule has 0 heterocycles. The maximum atomic E-state index is 2.12. The first kappa shape index (κ1) is 16.4. The summed E-state index contributed by atoms with van der Waals surface area (Å²) in [6, 6.07) is 29.3. The topological polar surface area (TPSA) is 0 Å². The van der Waals surface area contributed by atoms with E-state index in [0.29, 0.717) is 0 Å². The Balaban J connectivity index is 0.000000182. The molecule has 1 radical (unpaired) electrons. The fraction of sp³-hybridized carbons (Fsp3) is 0. The molecule has 0 N–H and O–H groups in total. The Labute approximate surface area is 135 Å². The molecule has 0 aliphatic carbocycles.